The van der Waals surface area contributed by atoms with Crippen LogP contribution in [0.2, 0.25) is 0 Å². The molecule has 3 aromatic rings. The van der Waals surface area contributed by atoms with E-state index in [1.54, 1.807) is 49.0 Å². The third kappa shape index (κ3) is 9.62. The summed E-state index contributed by atoms with van der Waals surface area (Å²) in [5.41, 5.74) is 2.49. The number of aryl methyl sites for hydroxylation is 1. The van der Waals surface area contributed by atoms with Crippen molar-refractivity contribution >= 4 is 22.2 Å². The van der Waals surface area contributed by atoms with Crippen molar-refractivity contribution in [1.82, 2.24) is 19.7 Å². The minimum atomic E-state index is -3.88. The first kappa shape index (κ1) is 31.7. The summed E-state index contributed by atoms with van der Waals surface area (Å²) in [6.45, 7) is 5.29. The summed E-state index contributed by atoms with van der Waals surface area (Å²) in [7, 11) is -2.58. The Morgan fingerprint density at radius 2 is 1.85 bits per heavy atom. The molecule has 0 saturated heterocycles. The van der Waals surface area contributed by atoms with Gasteiger partial charge < -0.3 is 14.7 Å². The maximum absolute atomic E-state index is 13.1. The second-order valence-electron chi connectivity index (χ2n) is 9.68. The number of aliphatic hydroxyl groups is 1. The fourth-order valence-corrected chi connectivity index (χ4v) is 5.11. The van der Waals surface area contributed by atoms with Crippen LogP contribution in [-0.4, -0.2) is 60.5 Å². The number of hydrogen-bond donors (Lipinski definition) is 2. The first-order valence-electron chi connectivity index (χ1n) is 13.2. The molecule has 0 amide bonds. The van der Waals surface area contributed by atoms with Crippen LogP contribution >= 0.6 is 0 Å². The summed E-state index contributed by atoms with van der Waals surface area (Å²) in [5, 5.41) is 22.3. The summed E-state index contributed by atoms with van der Waals surface area (Å²) in [5.74, 6) is -0.789. The topological polar surface area (TPSA) is 145 Å². The minimum absolute atomic E-state index is 0.0533. The van der Waals surface area contributed by atoms with Crippen LogP contribution in [0.1, 0.15) is 49.2 Å². The van der Waals surface area contributed by atoms with Crippen LogP contribution in [0.25, 0.3) is 0 Å². The first-order chi connectivity index (χ1) is 19.6. The van der Waals surface area contributed by atoms with Crippen molar-refractivity contribution in [3.63, 3.8) is 0 Å². The Morgan fingerprint density at radius 3 is 2.51 bits per heavy atom. The van der Waals surface area contributed by atoms with Crippen molar-refractivity contribution in [2.24, 2.45) is 11.1 Å². The van der Waals surface area contributed by atoms with Crippen LogP contribution < -0.4 is 4.72 Å². The quantitative estimate of drug-likeness (QED) is 0.120. The number of carbonyl (C=O) groups is 1. The summed E-state index contributed by atoms with van der Waals surface area (Å²) in [4.78, 5) is 17.2. The highest BCUT2D eigenvalue weighted by atomic mass is 32.2. The number of hydrogen-bond acceptors (Lipinski definition) is 9. The number of nitrogens with one attached hydrogen (secondary N) is 1. The molecule has 2 N–H and O–H groups in total. The zero-order chi connectivity index (χ0) is 29.8. The SMILES string of the molecule is COC(=O)C/C=C/[C@@H](C)[C@@H](/C=N/O[C@@H](C)c1cn([C@H](CO)Cc2ccccc2)nn1)NS(=O)(=O)c1ccc(C)cc1. The number of benzene rings is 2. The van der Waals surface area contributed by atoms with Gasteiger partial charge in [-0.25, -0.2) is 17.8 Å². The van der Waals surface area contributed by atoms with Gasteiger partial charge in [-0.15, -0.1) is 5.10 Å². The molecule has 0 aliphatic heterocycles. The first-order valence-corrected chi connectivity index (χ1v) is 14.7. The average Bonchev–Trinajstić information content (AvgIpc) is 3.46. The van der Waals surface area contributed by atoms with E-state index in [4.69, 9.17) is 4.84 Å². The predicted molar refractivity (Wildman–Crippen MR) is 155 cm³/mol. The van der Waals surface area contributed by atoms with Crippen LogP contribution in [0.3, 0.4) is 0 Å². The highest BCUT2D eigenvalue weighted by Gasteiger charge is 2.23. The maximum Gasteiger partial charge on any atom is 0.309 e. The van der Waals surface area contributed by atoms with Gasteiger partial charge in [0.1, 0.15) is 5.69 Å². The molecule has 4 atom stereocenters. The number of methoxy groups -OCH3 is 1. The Hall–Kier alpha value is -3.87. The van der Waals surface area contributed by atoms with Crippen molar-refractivity contribution < 1.29 is 27.9 Å². The zero-order valence-corrected chi connectivity index (χ0v) is 24.4. The van der Waals surface area contributed by atoms with Crippen molar-refractivity contribution in [2.75, 3.05) is 13.7 Å². The second kappa shape index (κ2) is 15.2. The molecular weight excluding hydrogens is 546 g/mol. The van der Waals surface area contributed by atoms with Crippen LogP contribution in [0.5, 0.6) is 0 Å². The summed E-state index contributed by atoms with van der Waals surface area (Å²) in [6, 6.07) is 15.2. The zero-order valence-electron chi connectivity index (χ0n) is 23.6. The van der Waals surface area contributed by atoms with Crippen LogP contribution in [-0.2, 0) is 30.8 Å². The number of sulfonamides is 1. The van der Waals surface area contributed by atoms with Gasteiger partial charge in [0.25, 0.3) is 0 Å². The second-order valence-corrected chi connectivity index (χ2v) is 11.4. The van der Waals surface area contributed by atoms with E-state index < -0.39 is 28.1 Å². The third-order valence-electron chi connectivity index (χ3n) is 6.42. The lowest BCUT2D eigenvalue weighted by Crippen LogP contribution is -2.40. The lowest BCUT2D eigenvalue weighted by atomic mass is 10.0. The largest absolute Gasteiger partial charge is 0.469 e. The predicted octanol–water partition coefficient (Wildman–Crippen LogP) is 3.53. The normalized spacial score (nSPS) is 15.0. The van der Waals surface area contributed by atoms with E-state index in [2.05, 4.69) is 24.9 Å². The summed E-state index contributed by atoms with van der Waals surface area (Å²) < 4.78 is 35.1. The molecule has 0 radical (unpaired) electrons. The lowest BCUT2D eigenvalue weighted by molar-refractivity contribution is -0.139. The number of nitrogens with zero attached hydrogens (tertiary/aromatic N) is 4. The molecule has 220 valence electrons. The molecule has 0 fully saturated rings. The number of carbonyl (C=O) groups excluding carboxylic acids is 1. The van der Waals surface area contributed by atoms with E-state index in [1.807, 2.05) is 37.3 Å². The van der Waals surface area contributed by atoms with Crippen LogP contribution in [0.15, 0.2) is 83.0 Å². The summed E-state index contributed by atoms with van der Waals surface area (Å²) in [6.07, 6.45) is 6.42. The number of esters is 1. The summed E-state index contributed by atoms with van der Waals surface area (Å²) >= 11 is 0. The molecule has 0 aliphatic rings. The molecule has 0 spiro atoms. The van der Waals surface area contributed by atoms with Gasteiger partial charge in [0.15, 0.2) is 6.10 Å². The molecule has 2 aromatic carbocycles. The lowest BCUT2D eigenvalue weighted by Gasteiger charge is -2.19. The third-order valence-corrected chi connectivity index (χ3v) is 7.90. The Balaban J connectivity index is 1.71. The molecule has 3 rings (SSSR count). The van der Waals surface area contributed by atoms with Gasteiger partial charge in [-0.05, 0) is 43.9 Å². The number of aromatic nitrogens is 3. The number of aliphatic hydroxyl groups excluding tert-OH is 1. The molecule has 41 heavy (non-hydrogen) atoms. The Labute approximate surface area is 240 Å². The van der Waals surface area contributed by atoms with Crippen LogP contribution in [0.4, 0.5) is 0 Å². The van der Waals surface area contributed by atoms with Crippen molar-refractivity contribution in [2.45, 2.75) is 56.7 Å². The monoisotopic (exact) mass is 583 g/mol. The Morgan fingerprint density at radius 1 is 1.15 bits per heavy atom. The highest BCUT2D eigenvalue weighted by molar-refractivity contribution is 7.89. The molecule has 11 nitrogen and oxygen atoms in total. The average molecular weight is 584 g/mol. The van der Waals surface area contributed by atoms with Crippen molar-refractivity contribution in [3.05, 3.63) is 89.8 Å². The highest BCUT2D eigenvalue weighted by Crippen LogP contribution is 2.19. The fourth-order valence-electron chi connectivity index (χ4n) is 3.85. The molecule has 0 aliphatic carbocycles. The van der Waals surface area contributed by atoms with Gasteiger partial charge in [-0.1, -0.05) is 77.5 Å². The van der Waals surface area contributed by atoms with Gasteiger partial charge >= 0.3 is 5.97 Å². The van der Waals surface area contributed by atoms with Gasteiger partial charge in [-0.3, -0.25) is 4.79 Å². The number of ether oxygens (including phenoxy) is 1. The van der Waals surface area contributed by atoms with E-state index in [0.717, 1.165) is 11.1 Å². The maximum atomic E-state index is 13.1. The molecule has 0 saturated carbocycles. The molecule has 0 bridgehead atoms. The standard InChI is InChI=1S/C29H37N5O6S/c1-21-13-15-26(16-14-21)41(37,38)32-27(22(2)9-8-12-29(36)39-4)18-30-40-23(3)28-19-34(33-31-28)25(20-35)17-24-10-6-5-7-11-24/h5-11,13-16,18-19,22-23,25,27,32,35H,12,17,20H2,1-4H3/b9-8+,30-18+/t22-,23+,25+,27-/m1/s1. The minimum Gasteiger partial charge on any atom is -0.469 e. The van der Waals surface area contributed by atoms with Gasteiger partial charge in [-0.2, -0.15) is 0 Å². The van der Waals surface area contributed by atoms with E-state index in [1.165, 1.54) is 25.5 Å². The Kier molecular flexibility index (Phi) is 11.7. The Bertz CT molecular complexity index is 1410. The number of oxime groups is 1. The fraction of sp³-hybridized carbons (Fsp3) is 0.379. The molecule has 12 heteroatoms. The smallest absolute Gasteiger partial charge is 0.309 e. The van der Waals surface area contributed by atoms with E-state index >= 15 is 0 Å². The molecule has 1 aromatic heterocycles. The van der Waals surface area contributed by atoms with E-state index in [9.17, 15) is 18.3 Å². The van der Waals surface area contributed by atoms with Gasteiger partial charge in [0.2, 0.25) is 10.0 Å². The van der Waals surface area contributed by atoms with Crippen molar-refractivity contribution in [1.29, 1.82) is 0 Å². The van der Waals surface area contributed by atoms with Crippen LogP contribution in [0, 0.1) is 12.8 Å². The number of rotatable bonds is 15. The van der Waals surface area contributed by atoms with Gasteiger partial charge in [0, 0.05) is 0 Å². The van der Waals surface area contributed by atoms with Crippen molar-refractivity contribution in [3.8, 4) is 0 Å². The van der Waals surface area contributed by atoms with E-state index in [0.29, 0.717) is 12.1 Å². The molecule has 1 heterocycles. The molecular formula is C29H37N5O6S. The molecule has 0 unspecified atom stereocenters. The van der Waals surface area contributed by atoms with Gasteiger partial charge in [0.05, 0.1) is 49.5 Å². The van der Waals surface area contributed by atoms with E-state index in [-0.39, 0.29) is 29.9 Å².